The van der Waals surface area contributed by atoms with Crippen LogP contribution in [-0.2, 0) is 14.3 Å². The van der Waals surface area contributed by atoms with Gasteiger partial charge in [-0.1, -0.05) is 0 Å². The first kappa shape index (κ1) is 7.43. The molecule has 0 fully saturated rings. The molecule has 8 heavy (non-hydrogen) atoms. The maximum atomic E-state index is 9.57. The lowest BCUT2D eigenvalue weighted by atomic mass is 10.7. The Morgan fingerprint density at radius 3 is 2.50 bits per heavy atom. The molecule has 0 rings (SSSR count). The van der Waals surface area contributed by atoms with E-state index in [4.69, 9.17) is 4.74 Å². The lowest BCUT2D eigenvalue weighted by molar-refractivity contribution is -0.152. The van der Waals surface area contributed by atoms with Gasteiger partial charge in [0.2, 0.25) is 0 Å². The van der Waals surface area contributed by atoms with E-state index in [1.165, 1.54) is 6.61 Å². The molecule has 0 amide bonds. The van der Waals surface area contributed by atoms with E-state index < -0.39 is 6.29 Å². The minimum Gasteiger partial charge on any atom is -0.438 e. The van der Waals surface area contributed by atoms with Crippen molar-refractivity contribution in [2.45, 2.75) is 20.1 Å². The molecule has 0 N–H and O–H groups in total. The lowest BCUT2D eigenvalue weighted by Gasteiger charge is -2.06. The Balaban J connectivity index is 3.03. The number of hydrogen-bond donors (Lipinski definition) is 0. The molecule has 0 aromatic rings. The van der Waals surface area contributed by atoms with Gasteiger partial charge in [-0.05, 0) is 13.8 Å². The van der Waals surface area contributed by atoms with Gasteiger partial charge in [0.05, 0.1) is 6.61 Å². The molecule has 0 spiro atoms. The predicted molar refractivity (Wildman–Crippen MR) is 27.7 cm³/mol. The highest BCUT2D eigenvalue weighted by Gasteiger charge is 1.95. The van der Waals surface area contributed by atoms with Crippen molar-refractivity contribution in [3.8, 4) is 0 Å². The molecule has 1 radical (unpaired) electrons. The topological polar surface area (TPSA) is 35.5 Å². The average molecular weight is 117 g/mol. The number of ether oxygens (including phenoxy) is 2. The third kappa shape index (κ3) is 3.61. The summed E-state index contributed by atoms with van der Waals surface area (Å²) in [7, 11) is 0. The number of hydrogen-bond acceptors (Lipinski definition) is 3. The lowest BCUT2D eigenvalue weighted by Crippen LogP contribution is -2.08. The number of rotatable bonds is 4. The number of carbonyl (C=O) groups excluding carboxylic acids is 1. The van der Waals surface area contributed by atoms with E-state index in [0.29, 0.717) is 6.47 Å². The molecule has 0 saturated heterocycles. The van der Waals surface area contributed by atoms with E-state index in [1.807, 2.05) is 0 Å². The Morgan fingerprint density at radius 2 is 2.12 bits per heavy atom. The molecule has 0 aromatic heterocycles. The van der Waals surface area contributed by atoms with Crippen LogP contribution in [0.25, 0.3) is 0 Å². The predicted octanol–water partition coefficient (Wildman–Crippen LogP) is 0.704. The molecule has 1 atom stereocenters. The molecule has 1 unspecified atom stereocenters. The van der Waals surface area contributed by atoms with E-state index in [-0.39, 0.29) is 0 Å². The maximum absolute atomic E-state index is 9.57. The normalized spacial score (nSPS) is 12.8. The highest BCUT2D eigenvalue weighted by molar-refractivity contribution is 5.37. The molecule has 0 aliphatic carbocycles. The Bertz CT molecular complexity index is 62.7. The molecule has 3 heteroatoms. The molecule has 47 valence electrons. The molecule has 0 aliphatic heterocycles. The molecule has 0 aliphatic rings. The van der Waals surface area contributed by atoms with Gasteiger partial charge in [-0.15, -0.1) is 0 Å². The first-order chi connectivity index (χ1) is 3.81. The van der Waals surface area contributed by atoms with Gasteiger partial charge >= 0.3 is 0 Å². The van der Waals surface area contributed by atoms with Crippen LogP contribution in [0, 0.1) is 6.61 Å². The van der Waals surface area contributed by atoms with Gasteiger partial charge in [-0.3, -0.25) is 4.79 Å². The van der Waals surface area contributed by atoms with Crippen molar-refractivity contribution in [2.75, 3.05) is 0 Å². The summed E-state index contributed by atoms with van der Waals surface area (Å²) in [6.45, 7) is 5.17. The van der Waals surface area contributed by atoms with Gasteiger partial charge in [-0.2, -0.15) is 0 Å². The second-order valence-electron chi connectivity index (χ2n) is 1.17. The summed E-state index contributed by atoms with van der Waals surface area (Å²) in [5.41, 5.74) is 0. The van der Waals surface area contributed by atoms with Gasteiger partial charge < -0.3 is 9.47 Å². The van der Waals surface area contributed by atoms with E-state index in [1.54, 1.807) is 13.8 Å². The molecule has 0 heterocycles. The van der Waals surface area contributed by atoms with Crippen molar-refractivity contribution in [1.82, 2.24) is 0 Å². The van der Waals surface area contributed by atoms with Crippen LogP contribution in [0.2, 0.25) is 0 Å². The van der Waals surface area contributed by atoms with Crippen LogP contribution in [0.4, 0.5) is 0 Å². The third-order valence-corrected chi connectivity index (χ3v) is 0.575. The van der Waals surface area contributed by atoms with Crippen molar-refractivity contribution in [1.29, 1.82) is 0 Å². The van der Waals surface area contributed by atoms with E-state index >= 15 is 0 Å². The van der Waals surface area contributed by atoms with E-state index in [2.05, 4.69) is 4.74 Å². The third-order valence-electron chi connectivity index (χ3n) is 0.575. The monoisotopic (exact) mass is 117 g/mol. The average Bonchev–Trinajstić information content (AvgIpc) is 1.68. The van der Waals surface area contributed by atoms with Crippen LogP contribution in [0.5, 0.6) is 0 Å². The standard InChI is InChI=1S/C5H9O3/c1-3-7-5(2)8-4-6/h3-5H,1-2H3. The zero-order chi connectivity index (χ0) is 6.41. The van der Waals surface area contributed by atoms with Crippen LogP contribution < -0.4 is 0 Å². The SMILES string of the molecule is C[CH]OC(C)OC=O. The quantitative estimate of drug-likeness (QED) is 0.401. The molecular formula is C5H9O3. The Kier molecular flexibility index (Phi) is 4.26. The Morgan fingerprint density at radius 1 is 1.50 bits per heavy atom. The minimum absolute atomic E-state index is 0.355. The highest BCUT2D eigenvalue weighted by Crippen LogP contribution is 1.91. The smallest absolute Gasteiger partial charge is 0.295 e. The number of carbonyl (C=O) groups is 1. The first-order valence-corrected chi connectivity index (χ1v) is 2.33. The van der Waals surface area contributed by atoms with Crippen molar-refractivity contribution >= 4 is 6.47 Å². The minimum atomic E-state index is -0.461. The van der Waals surface area contributed by atoms with Crippen molar-refractivity contribution in [3.63, 3.8) is 0 Å². The molecule has 3 nitrogen and oxygen atoms in total. The van der Waals surface area contributed by atoms with Crippen molar-refractivity contribution < 1.29 is 14.3 Å². The zero-order valence-corrected chi connectivity index (χ0v) is 4.96. The summed E-state index contributed by atoms with van der Waals surface area (Å²) in [4.78, 5) is 9.57. The van der Waals surface area contributed by atoms with E-state index in [9.17, 15) is 4.79 Å². The van der Waals surface area contributed by atoms with Crippen LogP contribution in [0.3, 0.4) is 0 Å². The summed E-state index contributed by atoms with van der Waals surface area (Å²) < 4.78 is 9.05. The highest BCUT2D eigenvalue weighted by atomic mass is 16.7. The largest absolute Gasteiger partial charge is 0.438 e. The van der Waals surface area contributed by atoms with Crippen molar-refractivity contribution in [3.05, 3.63) is 6.61 Å². The van der Waals surface area contributed by atoms with Crippen LogP contribution in [0.15, 0.2) is 0 Å². The second-order valence-corrected chi connectivity index (χ2v) is 1.17. The van der Waals surface area contributed by atoms with Gasteiger partial charge in [0.15, 0.2) is 6.29 Å². The summed E-state index contributed by atoms with van der Waals surface area (Å²) in [5, 5.41) is 0. The van der Waals surface area contributed by atoms with Crippen LogP contribution in [-0.4, -0.2) is 12.8 Å². The fourth-order valence-corrected chi connectivity index (χ4v) is 0.302. The first-order valence-electron chi connectivity index (χ1n) is 2.33. The zero-order valence-electron chi connectivity index (χ0n) is 4.96. The van der Waals surface area contributed by atoms with Gasteiger partial charge in [0.1, 0.15) is 0 Å². The molecule has 0 saturated carbocycles. The van der Waals surface area contributed by atoms with E-state index in [0.717, 1.165) is 0 Å². The summed E-state index contributed by atoms with van der Waals surface area (Å²) in [6, 6.07) is 0. The Hall–Kier alpha value is -0.570. The fraction of sp³-hybridized carbons (Fsp3) is 0.600. The fourth-order valence-electron chi connectivity index (χ4n) is 0.302. The molecule has 0 aromatic carbocycles. The Labute approximate surface area is 48.6 Å². The van der Waals surface area contributed by atoms with Crippen LogP contribution >= 0.6 is 0 Å². The van der Waals surface area contributed by atoms with Crippen molar-refractivity contribution in [2.24, 2.45) is 0 Å². The van der Waals surface area contributed by atoms with Gasteiger partial charge in [-0.25, -0.2) is 0 Å². The van der Waals surface area contributed by atoms with Gasteiger partial charge in [0, 0.05) is 0 Å². The molecular weight excluding hydrogens is 108 g/mol. The summed E-state index contributed by atoms with van der Waals surface area (Å²) >= 11 is 0. The maximum Gasteiger partial charge on any atom is 0.295 e. The summed E-state index contributed by atoms with van der Waals surface area (Å²) in [5.74, 6) is 0. The second kappa shape index (κ2) is 4.59. The summed E-state index contributed by atoms with van der Waals surface area (Å²) in [6.07, 6.45) is -0.461. The van der Waals surface area contributed by atoms with Crippen LogP contribution in [0.1, 0.15) is 13.8 Å². The van der Waals surface area contributed by atoms with Gasteiger partial charge in [0.25, 0.3) is 6.47 Å². The molecule has 0 bridgehead atoms.